The lowest BCUT2D eigenvalue weighted by molar-refractivity contribution is 0.291. The maximum atomic E-state index is 9.61. The van der Waals surface area contributed by atoms with Gasteiger partial charge in [-0.1, -0.05) is 0 Å². The molecule has 0 aromatic carbocycles. The van der Waals surface area contributed by atoms with Crippen LogP contribution in [0.3, 0.4) is 0 Å². The molecule has 0 radical (unpaired) electrons. The predicted octanol–water partition coefficient (Wildman–Crippen LogP) is 1.84. The minimum atomic E-state index is -0.559. The second-order valence-electron chi connectivity index (χ2n) is 8.75. The molecule has 0 aliphatic carbocycles. The molecule has 2 aromatic rings. The van der Waals surface area contributed by atoms with E-state index in [9.17, 15) is 5.26 Å². The maximum absolute atomic E-state index is 9.61. The molecule has 0 spiro atoms. The Morgan fingerprint density at radius 3 is 2.53 bits per heavy atom. The number of pyridine rings is 1. The molecule has 12 nitrogen and oxygen atoms in total. The number of hydrogen-bond acceptors (Lipinski definition) is 11. The van der Waals surface area contributed by atoms with Crippen LogP contribution in [0.15, 0.2) is 38.6 Å². The van der Waals surface area contributed by atoms with Gasteiger partial charge in [-0.25, -0.2) is 4.52 Å². The van der Waals surface area contributed by atoms with Gasteiger partial charge < -0.3 is 21.3 Å². The zero-order chi connectivity index (χ0) is 26.2. The van der Waals surface area contributed by atoms with Crippen molar-refractivity contribution in [3.63, 3.8) is 0 Å². The summed E-state index contributed by atoms with van der Waals surface area (Å²) < 4.78 is 7.77. The van der Waals surface area contributed by atoms with Crippen molar-refractivity contribution in [1.82, 2.24) is 14.5 Å². The molecule has 12 heteroatoms. The van der Waals surface area contributed by atoms with Gasteiger partial charge in [0.05, 0.1) is 18.0 Å². The molecule has 188 valence electrons. The molecule has 1 atom stereocenters. The lowest BCUT2D eigenvalue weighted by Gasteiger charge is -2.26. The van der Waals surface area contributed by atoms with E-state index in [1.165, 1.54) is 6.20 Å². The van der Waals surface area contributed by atoms with Crippen LogP contribution in [0.2, 0.25) is 0 Å². The average molecular weight is 490 g/mol. The van der Waals surface area contributed by atoms with E-state index in [1.54, 1.807) is 34.8 Å². The number of ether oxygens (including phenoxy) is 1. The van der Waals surface area contributed by atoms with Crippen LogP contribution in [0, 0.1) is 22.8 Å². The number of piperidine rings is 1. The van der Waals surface area contributed by atoms with Crippen LogP contribution in [-0.2, 0) is 0 Å². The first-order valence-electron chi connectivity index (χ1n) is 11.7. The van der Waals surface area contributed by atoms with E-state index in [0.717, 1.165) is 12.8 Å². The predicted molar refractivity (Wildman–Crippen MR) is 139 cm³/mol. The standard InChI is InChI=1S/C24H31N11O/c1-15(2)29-12-21(32-27)17(4)36-22-9-18(13-35-24(22)19(10-25)11-30-35)23(33-28)16(3)31-20-5-7-34(14-26)8-6-20/h9,11-13,15,17,20H,5-8,27-28H2,1-4H3/b29-12?,31-16?,32-21+,33-23+. The molecule has 1 aliphatic rings. The molecule has 3 rings (SSSR count). The lowest BCUT2D eigenvalue weighted by Crippen LogP contribution is -2.32. The molecular weight excluding hydrogens is 458 g/mol. The summed E-state index contributed by atoms with van der Waals surface area (Å²) in [6.45, 7) is 8.87. The van der Waals surface area contributed by atoms with Gasteiger partial charge in [-0.05, 0) is 46.6 Å². The summed E-state index contributed by atoms with van der Waals surface area (Å²) in [7, 11) is 0. The third-order valence-corrected chi connectivity index (χ3v) is 5.80. The normalized spacial score (nSPS) is 17.0. The Hall–Kier alpha value is -4.45. The van der Waals surface area contributed by atoms with Crippen molar-refractivity contribution in [2.75, 3.05) is 13.1 Å². The SMILES string of the molecule is CC(=NC1CCN(C#N)CC1)/C(=N\N)c1cc(OC(C)/C(C=NC(C)C)=N/N)c2c(C#N)cnn2c1. The van der Waals surface area contributed by atoms with Gasteiger partial charge in [-0.2, -0.15) is 25.8 Å². The van der Waals surface area contributed by atoms with Crippen molar-refractivity contribution in [2.45, 2.75) is 58.7 Å². The van der Waals surface area contributed by atoms with E-state index in [2.05, 4.69) is 32.6 Å². The molecular formula is C24H31N11O. The Morgan fingerprint density at radius 1 is 1.22 bits per heavy atom. The second-order valence-corrected chi connectivity index (χ2v) is 8.75. The van der Waals surface area contributed by atoms with Crippen LogP contribution in [0.25, 0.3) is 5.52 Å². The quantitative estimate of drug-likeness (QED) is 0.246. The van der Waals surface area contributed by atoms with Crippen molar-refractivity contribution in [2.24, 2.45) is 31.9 Å². The summed E-state index contributed by atoms with van der Waals surface area (Å²) in [6.07, 6.45) is 7.95. The van der Waals surface area contributed by atoms with Gasteiger partial charge in [-0.15, -0.1) is 0 Å². The van der Waals surface area contributed by atoms with Crippen LogP contribution in [0.1, 0.15) is 51.7 Å². The molecule has 0 amide bonds. The summed E-state index contributed by atoms with van der Waals surface area (Å²) in [4.78, 5) is 10.9. The first-order valence-corrected chi connectivity index (χ1v) is 11.7. The Bertz CT molecular complexity index is 1280. The Morgan fingerprint density at radius 2 is 1.94 bits per heavy atom. The van der Waals surface area contributed by atoms with Crippen molar-refractivity contribution in [3.8, 4) is 18.0 Å². The van der Waals surface area contributed by atoms with E-state index >= 15 is 0 Å². The zero-order valence-electron chi connectivity index (χ0n) is 21.0. The maximum Gasteiger partial charge on any atom is 0.179 e. The van der Waals surface area contributed by atoms with E-state index < -0.39 is 6.10 Å². The highest BCUT2D eigenvalue weighted by molar-refractivity contribution is 6.47. The second kappa shape index (κ2) is 11.8. The first-order chi connectivity index (χ1) is 17.3. The van der Waals surface area contributed by atoms with Crippen molar-refractivity contribution in [1.29, 1.82) is 10.5 Å². The third kappa shape index (κ3) is 5.96. The fraction of sp³-hybridized carbons (Fsp3) is 0.458. The Balaban J connectivity index is 1.98. The number of nitrogens with zero attached hydrogens (tertiary/aromatic N) is 9. The summed E-state index contributed by atoms with van der Waals surface area (Å²) in [5.74, 6) is 11.8. The lowest BCUT2D eigenvalue weighted by atomic mass is 10.0. The fourth-order valence-electron chi connectivity index (χ4n) is 3.91. The minimum absolute atomic E-state index is 0.0710. The van der Waals surface area contributed by atoms with Crippen molar-refractivity contribution >= 4 is 28.9 Å². The molecule has 3 heterocycles. The van der Waals surface area contributed by atoms with Crippen molar-refractivity contribution < 1.29 is 4.74 Å². The first kappa shape index (κ1) is 26.2. The van der Waals surface area contributed by atoms with E-state index in [1.807, 2.05) is 20.8 Å². The molecule has 0 saturated carbocycles. The summed E-state index contributed by atoms with van der Waals surface area (Å²) in [6, 6.07) is 4.04. The topological polar surface area (TPSA) is 179 Å². The average Bonchev–Trinajstić information content (AvgIpc) is 3.28. The van der Waals surface area contributed by atoms with E-state index in [0.29, 0.717) is 52.6 Å². The van der Waals surface area contributed by atoms with Crippen LogP contribution in [-0.4, -0.2) is 69.1 Å². The highest BCUT2D eigenvalue weighted by Crippen LogP contribution is 2.27. The zero-order valence-corrected chi connectivity index (χ0v) is 21.0. The van der Waals surface area contributed by atoms with Gasteiger partial charge in [0.1, 0.15) is 40.4 Å². The molecule has 1 saturated heterocycles. The number of rotatable bonds is 8. The van der Waals surface area contributed by atoms with Crippen LogP contribution < -0.4 is 16.4 Å². The molecule has 36 heavy (non-hydrogen) atoms. The van der Waals surface area contributed by atoms with Crippen molar-refractivity contribution in [3.05, 3.63) is 29.6 Å². The summed E-state index contributed by atoms with van der Waals surface area (Å²) >= 11 is 0. The molecule has 0 bridgehead atoms. The van der Waals surface area contributed by atoms with E-state index in [-0.39, 0.29) is 12.1 Å². The highest BCUT2D eigenvalue weighted by atomic mass is 16.5. The fourth-order valence-corrected chi connectivity index (χ4v) is 3.91. The number of likely N-dealkylation sites (tertiary alicyclic amines) is 1. The third-order valence-electron chi connectivity index (χ3n) is 5.80. The Kier molecular flexibility index (Phi) is 8.57. The number of aromatic nitrogens is 2. The molecule has 1 aliphatic heterocycles. The van der Waals surface area contributed by atoms with Crippen LogP contribution in [0.5, 0.6) is 5.75 Å². The largest absolute Gasteiger partial charge is 0.482 e. The Labute approximate surface area is 210 Å². The molecule has 4 N–H and O–H groups in total. The molecule has 1 fully saturated rings. The highest BCUT2D eigenvalue weighted by Gasteiger charge is 2.22. The van der Waals surface area contributed by atoms with Gasteiger partial charge in [0.25, 0.3) is 0 Å². The number of nitrogens with two attached hydrogens (primary N) is 2. The van der Waals surface area contributed by atoms with E-state index in [4.69, 9.17) is 26.7 Å². The summed E-state index contributed by atoms with van der Waals surface area (Å²) in [5.41, 5.74) is 3.05. The molecule has 2 aromatic heterocycles. The number of hydrogen-bond donors (Lipinski definition) is 2. The van der Waals surface area contributed by atoms with Gasteiger partial charge >= 0.3 is 0 Å². The van der Waals surface area contributed by atoms with Gasteiger partial charge in [0.15, 0.2) is 6.19 Å². The summed E-state index contributed by atoms with van der Waals surface area (Å²) in [5, 5.41) is 30.8. The number of aliphatic imine (C=N–C) groups is 2. The number of hydrazone groups is 2. The number of nitriles is 2. The number of fused-ring (bicyclic) bond motifs is 1. The molecule has 1 unspecified atom stereocenters. The van der Waals surface area contributed by atoms with Crippen LogP contribution >= 0.6 is 0 Å². The van der Waals surface area contributed by atoms with Crippen LogP contribution in [0.4, 0.5) is 0 Å². The van der Waals surface area contributed by atoms with Gasteiger partial charge in [0.2, 0.25) is 0 Å². The van der Waals surface area contributed by atoms with Gasteiger partial charge in [0, 0.05) is 37.1 Å². The smallest absolute Gasteiger partial charge is 0.179 e. The van der Waals surface area contributed by atoms with Gasteiger partial charge in [-0.3, -0.25) is 9.98 Å². The monoisotopic (exact) mass is 489 g/mol. The minimum Gasteiger partial charge on any atom is -0.482 e.